The largest absolute Gasteiger partial charge is 0.261 e. The number of hydrogen-bond acceptors (Lipinski definition) is 3. The molecule has 1 aromatic heterocycles. The first kappa shape index (κ1) is 14.4. The van der Waals surface area contributed by atoms with E-state index in [-0.39, 0.29) is 0 Å². The molecule has 104 valence electrons. The fraction of sp³-hybridized carbons (Fsp3) is 0.133. The number of aromatic nitrogens is 1. The number of nitrogens with one attached hydrogen (secondary N) is 1. The van der Waals surface area contributed by atoms with Crippen molar-refractivity contribution in [2.45, 2.75) is 6.42 Å². The second kappa shape index (κ2) is 6.98. The molecule has 4 nitrogen and oxygen atoms in total. The van der Waals surface area contributed by atoms with Crippen molar-refractivity contribution in [3.63, 3.8) is 0 Å². The van der Waals surface area contributed by atoms with Crippen molar-refractivity contribution in [3.8, 4) is 0 Å². The van der Waals surface area contributed by atoms with Gasteiger partial charge in [0.1, 0.15) is 0 Å². The second-order valence-electron chi connectivity index (χ2n) is 4.22. The van der Waals surface area contributed by atoms with Gasteiger partial charge in [-0.1, -0.05) is 36.4 Å². The van der Waals surface area contributed by atoms with Gasteiger partial charge in [-0.05, 0) is 23.8 Å². The Hall–Kier alpha value is -1.98. The van der Waals surface area contributed by atoms with Gasteiger partial charge in [-0.25, -0.2) is 13.1 Å². The van der Waals surface area contributed by atoms with Gasteiger partial charge in [0.15, 0.2) is 0 Å². The molecule has 1 aromatic carbocycles. The first-order chi connectivity index (χ1) is 9.66. The van der Waals surface area contributed by atoms with E-state index in [0.29, 0.717) is 13.0 Å². The van der Waals surface area contributed by atoms with Crippen LogP contribution in [0.15, 0.2) is 60.1 Å². The van der Waals surface area contributed by atoms with Crippen LogP contribution in [-0.4, -0.2) is 19.9 Å². The Labute approximate surface area is 119 Å². The minimum Gasteiger partial charge on any atom is -0.261 e. The molecule has 0 fully saturated rings. The Bertz CT molecular complexity index is 653. The van der Waals surface area contributed by atoms with Crippen LogP contribution < -0.4 is 4.72 Å². The van der Waals surface area contributed by atoms with Crippen molar-refractivity contribution in [1.29, 1.82) is 0 Å². The molecule has 20 heavy (non-hydrogen) atoms. The van der Waals surface area contributed by atoms with Crippen molar-refractivity contribution >= 4 is 16.1 Å². The molecule has 5 heteroatoms. The highest BCUT2D eigenvalue weighted by Crippen LogP contribution is 2.02. The Balaban J connectivity index is 1.87. The summed E-state index contributed by atoms with van der Waals surface area (Å²) in [4.78, 5) is 4.14. The predicted molar refractivity (Wildman–Crippen MR) is 80.3 cm³/mol. The summed E-state index contributed by atoms with van der Waals surface area (Å²) in [5.41, 5.74) is 1.71. The van der Waals surface area contributed by atoms with Crippen LogP contribution in [0, 0.1) is 0 Å². The Kier molecular flexibility index (Phi) is 5.03. The molecular weight excluding hydrogens is 272 g/mol. The second-order valence-corrected chi connectivity index (χ2v) is 5.87. The molecule has 2 aromatic rings. The van der Waals surface area contributed by atoms with E-state index in [1.54, 1.807) is 12.3 Å². The fourth-order valence-corrected chi connectivity index (χ4v) is 2.47. The van der Waals surface area contributed by atoms with Crippen LogP contribution in [-0.2, 0) is 16.4 Å². The van der Waals surface area contributed by atoms with Crippen LogP contribution in [0.2, 0.25) is 0 Å². The van der Waals surface area contributed by atoms with E-state index in [2.05, 4.69) is 9.71 Å². The Morgan fingerprint density at radius 2 is 1.80 bits per heavy atom. The number of benzene rings is 1. The maximum absolute atomic E-state index is 11.8. The molecule has 1 heterocycles. The highest BCUT2D eigenvalue weighted by atomic mass is 32.2. The van der Waals surface area contributed by atoms with Crippen molar-refractivity contribution < 1.29 is 8.42 Å². The predicted octanol–water partition coefficient (Wildman–Crippen LogP) is 2.21. The molecule has 2 rings (SSSR count). The van der Waals surface area contributed by atoms with E-state index in [0.717, 1.165) is 11.3 Å². The first-order valence-corrected chi connectivity index (χ1v) is 7.83. The molecule has 0 unspecified atom stereocenters. The molecule has 0 bridgehead atoms. The molecular formula is C15H16N2O2S. The first-order valence-electron chi connectivity index (χ1n) is 6.28. The zero-order valence-electron chi connectivity index (χ0n) is 10.9. The summed E-state index contributed by atoms with van der Waals surface area (Å²) in [6, 6.07) is 14.9. The maximum Gasteiger partial charge on any atom is 0.233 e. The van der Waals surface area contributed by atoms with E-state index >= 15 is 0 Å². The van der Waals surface area contributed by atoms with Gasteiger partial charge < -0.3 is 0 Å². The maximum atomic E-state index is 11.8. The van der Waals surface area contributed by atoms with Crippen molar-refractivity contribution in [1.82, 2.24) is 9.71 Å². The average Bonchev–Trinajstić information content (AvgIpc) is 2.47. The van der Waals surface area contributed by atoms with Gasteiger partial charge in [-0.3, -0.25) is 4.98 Å². The number of hydrogen-bond donors (Lipinski definition) is 1. The highest BCUT2D eigenvalue weighted by Gasteiger charge is 2.04. The minimum atomic E-state index is -3.41. The van der Waals surface area contributed by atoms with E-state index < -0.39 is 10.0 Å². The van der Waals surface area contributed by atoms with Gasteiger partial charge >= 0.3 is 0 Å². The van der Waals surface area contributed by atoms with E-state index in [9.17, 15) is 8.42 Å². The molecule has 0 saturated carbocycles. The molecule has 0 amide bonds. The van der Waals surface area contributed by atoms with Crippen molar-refractivity contribution in [3.05, 3.63) is 71.4 Å². The van der Waals surface area contributed by atoms with Crippen LogP contribution in [0.5, 0.6) is 0 Å². The number of sulfonamides is 1. The topological polar surface area (TPSA) is 59.1 Å². The molecule has 0 aliphatic heterocycles. The van der Waals surface area contributed by atoms with Crippen LogP contribution >= 0.6 is 0 Å². The summed E-state index contributed by atoms with van der Waals surface area (Å²) >= 11 is 0. The SMILES string of the molecule is O=S(=O)(C=Cc1ccccc1)NCCc1ccccn1. The van der Waals surface area contributed by atoms with Crippen LogP contribution in [0.3, 0.4) is 0 Å². The summed E-state index contributed by atoms with van der Waals surface area (Å²) in [7, 11) is -3.41. The van der Waals surface area contributed by atoms with Gasteiger partial charge in [0.25, 0.3) is 0 Å². The van der Waals surface area contributed by atoms with E-state index in [1.807, 2.05) is 48.5 Å². The Morgan fingerprint density at radius 3 is 2.50 bits per heavy atom. The molecule has 1 N–H and O–H groups in total. The average molecular weight is 288 g/mol. The lowest BCUT2D eigenvalue weighted by atomic mass is 10.2. The third kappa shape index (κ3) is 4.95. The van der Waals surface area contributed by atoms with Crippen LogP contribution in [0.4, 0.5) is 0 Å². The fourth-order valence-electron chi connectivity index (χ4n) is 1.65. The standard InChI is InChI=1S/C15H16N2O2S/c18-20(19,13-10-14-6-2-1-3-7-14)17-12-9-15-8-4-5-11-16-15/h1-8,10-11,13,17H,9,12H2. The number of nitrogens with zero attached hydrogens (tertiary/aromatic N) is 1. The highest BCUT2D eigenvalue weighted by molar-refractivity contribution is 7.92. The molecule has 0 aliphatic rings. The number of rotatable bonds is 6. The molecule has 0 radical (unpaired) electrons. The monoisotopic (exact) mass is 288 g/mol. The van der Waals surface area contributed by atoms with Crippen molar-refractivity contribution in [2.75, 3.05) is 6.54 Å². The summed E-state index contributed by atoms with van der Waals surface area (Å²) in [5.74, 6) is 0. The van der Waals surface area contributed by atoms with Gasteiger partial charge in [0.05, 0.1) is 0 Å². The molecule has 0 aliphatic carbocycles. The lowest BCUT2D eigenvalue weighted by molar-refractivity contribution is 0.590. The zero-order valence-corrected chi connectivity index (χ0v) is 11.8. The lowest BCUT2D eigenvalue weighted by Gasteiger charge is -2.02. The van der Waals surface area contributed by atoms with Gasteiger partial charge in [-0.15, -0.1) is 0 Å². The van der Waals surface area contributed by atoms with Gasteiger partial charge in [0.2, 0.25) is 10.0 Å². The molecule has 0 saturated heterocycles. The van der Waals surface area contributed by atoms with E-state index in [4.69, 9.17) is 0 Å². The van der Waals surface area contributed by atoms with Crippen LogP contribution in [0.25, 0.3) is 6.08 Å². The summed E-state index contributed by atoms with van der Waals surface area (Å²) in [5, 5.41) is 1.18. The Morgan fingerprint density at radius 1 is 1.05 bits per heavy atom. The smallest absolute Gasteiger partial charge is 0.233 e. The number of pyridine rings is 1. The van der Waals surface area contributed by atoms with Gasteiger partial charge in [0, 0.05) is 30.3 Å². The molecule has 0 spiro atoms. The third-order valence-corrected chi connectivity index (χ3v) is 3.75. The molecule has 0 atom stereocenters. The van der Waals surface area contributed by atoms with E-state index in [1.165, 1.54) is 5.41 Å². The van der Waals surface area contributed by atoms with Crippen molar-refractivity contribution in [2.24, 2.45) is 0 Å². The van der Waals surface area contributed by atoms with Gasteiger partial charge in [-0.2, -0.15) is 0 Å². The summed E-state index contributed by atoms with van der Waals surface area (Å²) in [6.45, 7) is 0.332. The lowest BCUT2D eigenvalue weighted by Crippen LogP contribution is -2.23. The third-order valence-electron chi connectivity index (χ3n) is 2.65. The zero-order chi connectivity index (χ0) is 14.3. The quantitative estimate of drug-likeness (QED) is 0.886. The summed E-state index contributed by atoms with van der Waals surface area (Å²) in [6.07, 6.45) is 3.83. The van der Waals surface area contributed by atoms with Crippen LogP contribution in [0.1, 0.15) is 11.3 Å². The minimum absolute atomic E-state index is 0.332. The summed E-state index contributed by atoms with van der Waals surface area (Å²) < 4.78 is 26.1. The normalized spacial score (nSPS) is 11.8.